The minimum atomic E-state index is 0.766. The number of aryl methyl sites for hydroxylation is 1. The Bertz CT molecular complexity index is 485. The second kappa shape index (κ2) is 3.75. The fraction of sp³-hybridized carbons (Fsp3) is 0.182. The lowest BCUT2D eigenvalue weighted by atomic mass is 10.1. The van der Waals surface area contributed by atoms with Crippen molar-refractivity contribution in [3.63, 3.8) is 0 Å². The van der Waals surface area contributed by atoms with Crippen LogP contribution in [0.1, 0.15) is 22.8 Å². The number of hydrogen-bond acceptors (Lipinski definition) is 3. The third-order valence-electron chi connectivity index (χ3n) is 2.31. The molecule has 0 bridgehead atoms. The van der Waals surface area contributed by atoms with Crippen molar-refractivity contribution in [1.29, 1.82) is 0 Å². The van der Waals surface area contributed by atoms with E-state index in [0.717, 1.165) is 33.3 Å². The van der Waals surface area contributed by atoms with E-state index in [-0.39, 0.29) is 0 Å². The van der Waals surface area contributed by atoms with Gasteiger partial charge in [-0.05, 0) is 29.5 Å². The maximum Gasteiger partial charge on any atom is 0.151 e. The van der Waals surface area contributed by atoms with Crippen molar-refractivity contribution in [3.8, 4) is 0 Å². The van der Waals surface area contributed by atoms with Crippen LogP contribution in [0, 0.1) is 0 Å². The Kier molecular flexibility index (Phi) is 2.61. The van der Waals surface area contributed by atoms with Gasteiger partial charge in [-0.1, -0.05) is 6.92 Å². The molecule has 0 fully saturated rings. The Hall–Kier alpha value is -0.800. The summed E-state index contributed by atoms with van der Waals surface area (Å²) in [6, 6.07) is 3.72. The number of carbonyl (C=O) groups is 1. The van der Waals surface area contributed by atoms with Crippen LogP contribution in [0.4, 0.5) is 0 Å². The van der Waals surface area contributed by atoms with Crippen LogP contribution < -0.4 is 0 Å². The van der Waals surface area contributed by atoms with Crippen molar-refractivity contribution in [1.82, 2.24) is 0 Å². The summed E-state index contributed by atoms with van der Waals surface area (Å²) >= 11 is 6.04. The van der Waals surface area contributed by atoms with E-state index in [4.69, 9.17) is 0 Å². The normalized spacial score (nSPS) is 10.7. The molecule has 0 atom stereocenters. The smallest absolute Gasteiger partial charge is 0.151 e. The monoisotopic (exact) mass is 222 g/mol. The Morgan fingerprint density at radius 1 is 1.50 bits per heavy atom. The van der Waals surface area contributed by atoms with Gasteiger partial charge in [-0.2, -0.15) is 0 Å². The third kappa shape index (κ3) is 1.37. The van der Waals surface area contributed by atoms with Crippen LogP contribution in [0.2, 0.25) is 0 Å². The molecule has 3 heteroatoms. The standard InChI is InChI=1S/C11H10OS2/c1-2-7-6-14-11-8(5-12)3-4-9(13)10(7)11/h3-6,13H,2H2,1H3. The van der Waals surface area contributed by atoms with Crippen molar-refractivity contribution < 1.29 is 4.79 Å². The molecule has 0 unspecified atom stereocenters. The zero-order valence-corrected chi connectivity index (χ0v) is 9.49. The fourth-order valence-electron chi connectivity index (χ4n) is 1.57. The second-order valence-corrected chi connectivity index (χ2v) is 4.47. The highest BCUT2D eigenvalue weighted by molar-refractivity contribution is 7.80. The molecule has 0 aliphatic rings. The first-order valence-electron chi connectivity index (χ1n) is 4.45. The van der Waals surface area contributed by atoms with E-state index in [1.807, 2.05) is 12.1 Å². The SMILES string of the molecule is CCc1csc2c(C=O)ccc(S)c12. The molecule has 0 saturated carbocycles. The summed E-state index contributed by atoms with van der Waals surface area (Å²) in [6.07, 6.45) is 1.89. The van der Waals surface area contributed by atoms with Crippen LogP contribution in [0.5, 0.6) is 0 Å². The van der Waals surface area contributed by atoms with E-state index in [0.29, 0.717) is 0 Å². The van der Waals surface area contributed by atoms with Crippen molar-refractivity contribution in [2.24, 2.45) is 0 Å². The van der Waals surface area contributed by atoms with Gasteiger partial charge < -0.3 is 0 Å². The number of benzene rings is 1. The Morgan fingerprint density at radius 3 is 2.93 bits per heavy atom. The van der Waals surface area contributed by atoms with E-state index in [1.54, 1.807) is 11.3 Å². The first-order chi connectivity index (χ1) is 6.77. The maximum absolute atomic E-state index is 10.8. The minimum Gasteiger partial charge on any atom is -0.298 e. The lowest BCUT2D eigenvalue weighted by Crippen LogP contribution is -1.83. The van der Waals surface area contributed by atoms with E-state index < -0.39 is 0 Å². The van der Waals surface area contributed by atoms with Crippen LogP contribution in [0.15, 0.2) is 22.4 Å². The van der Waals surface area contributed by atoms with E-state index >= 15 is 0 Å². The number of rotatable bonds is 2. The van der Waals surface area contributed by atoms with Crippen LogP contribution in [0.25, 0.3) is 10.1 Å². The first-order valence-corrected chi connectivity index (χ1v) is 5.77. The van der Waals surface area contributed by atoms with Gasteiger partial charge in [-0.15, -0.1) is 24.0 Å². The minimum absolute atomic E-state index is 0.766. The zero-order chi connectivity index (χ0) is 10.1. The lowest BCUT2D eigenvalue weighted by Gasteiger charge is -2.00. The van der Waals surface area contributed by atoms with Gasteiger partial charge in [0.25, 0.3) is 0 Å². The molecule has 1 aromatic heterocycles. The number of thiol groups is 1. The number of aldehydes is 1. The predicted octanol–water partition coefficient (Wildman–Crippen LogP) is 3.56. The van der Waals surface area contributed by atoms with Crippen LogP contribution >= 0.6 is 24.0 Å². The molecular formula is C11H10OS2. The van der Waals surface area contributed by atoms with Crippen LogP contribution in [0.3, 0.4) is 0 Å². The highest BCUT2D eigenvalue weighted by atomic mass is 32.1. The quantitative estimate of drug-likeness (QED) is 0.607. The molecule has 1 nitrogen and oxygen atoms in total. The lowest BCUT2D eigenvalue weighted by molar-refractivity contribution is 0.112. The van der Waals surface area contributed by atoms with Gasteiger partial charge in [0.2, 0.25) is 0 Å². The molecule has 0 aliphatic carbocycles. The van der Waals surface area contributed by atoms with Gasteiger partial charge in [0.1, 0.15) is 0 Å². The summed E-state index contributed by atoms with van der Waals surface area (Å²) in [4.78, 5) is 11.8. The van der Waals surface area contributed by atoms with E-state index in [1.165, 1.54) is 5.56 Å². The van der Waals surface area contributed by atoms with Crippen LogP contribution in [-0.4, -0.2) is 6.29 Å². The van der Waals surface area contributed by atoms with E-state index in [2.05, 4.69) is 24.9 Å². The molecule has 0 amide bonds. The number of hydrogen-bond donors (Lipinski definition) is 1. The van der Waals surface area contributed by atoms with E-state index in [9.17, 15) is 4.79 Å². The average molecular weight is 222 g/mol. The molecule has 72 valence electrons. The third-order valence-corrected chi connectivity index (χ3v) is 3.76. The summed E-state index contributed by atoms with van der Waals surface area (Å²) in [5.41, 5.74) is 2.04. The fourth-order valence-corrected chi connectivity index (χ4v) is 3.13. The van der Waals surface area contributed by atoms with Crippen molar-refractivity contribution >= 4 is 40.3 Å². The average Bonchev–Trinajstić information content (AvgIpc) is 2.63. The maximum atomic E-state index is 10.8. The molecular weight excluding hydrogens is 212 g/mol. The topological polar surface area (TPSA) is 17.1 Å². The highest BCUT2D eigenvalue weighted by Gasteiger charge is 2.09. The van der Waals surface area contributed by atoms with Gasteiger partial charge in [0.05, 0.1) is 0 Å². The van der Waals surface area contributed by atoms with Gasteiger partial charge in [0, 0.05) is 20.5 Å². The molecule has 0 radical (unpaired) electrons. The first kappa shape index (κ1) is 9.74. The predicted molar refractivity (Wildman–Crippen MR) is 63.8 cm³/mol. The largest absolute Gasteiger partial charge is 0.298 e. The molecule has 0 spiro atoms. The zero-order valence-electron chi connectivity index (χ0n) is 7.78. The molecule has 14 heavy (non-hydrogen) atoms. The Morgan fingerprint density at radius 2 is 2.29 bits per heavy atom. The van der Waals surface area contributed by atoms with Gasteiger partial charge in [0.15, 0.2) is 6.29 Å². The van der Waals surface area contributed by atoms with Gasteiger partial charge >= 0.3 is 0 Å². The Balaban J connectivity index is 2.86. The molecule has 1 aromatic carbocycles. The number of thiophene rings is 1. The summed E-state index contributed by atoms with van der Waals surface area (Å²) in [5, 5.41) is 3.25. The summed E-state index contributed by atoms with van der Waals surface area (Å²) < 4.78 is 1.06. The molecule has 2 rings (SSSR count). The van der Waals surface area contributed by atoms with Gasteiger partial charge in [-0.25, -0.2) is 0 Å². The molecule has 2 aromatic rings. The number of carbonyl (C=O) groups excluding carboxylic acids is 1. The Labute approximate surface area is 92.2 Å². The molecule has 0 N–H and O–H groups in total. The van der Waals surface area contributed by atoms with Crippen molar-refractivity contribution in [3.05, 3.63) is 28.6 Å². The highest BCUT2D eigenvalue weighted by Crippen LogP contribution is 2.33. The summed E-state index contributed by atoms with van der Waals surface area (Å²) in [6.45, 7) is 2.11. The number of fused-ring (bicyclic) bond motifs is 1. The molecule has 0 aliphatic heterocycles. The summed E-state index contributed by atoms with van der Waals surface area (Å²) in [5.74, 6) is 0. The van der Waals surface area contributed by atoms with Crippen molar-refractivity contribution in [2.75, 3.05) is 0 Å². The van der Waals surface area contributed by atoms with Crippen molar-refractivity contribution in [2.45, 2.75) is 18.2 Å². The second-order valence-electron chi connectivity index (χ2n) is 3.11. The molecule has 0 saturated heterocycles. The van der Waals surface area contributed by atoms with Crippen LogP contribution in [-0.2, 0) is 6.42 Å². The molecule has 1 heterocycles. The van der Waals surface area contributed by atoms with Gasteiger partial charge in [-0.3, -0.25) is 4.79 Å². The summed E-state index contributed by atoms with van der Waals surface area (Å²) in [7, 11) is 0.